The molecule has 0 saturated carbocycles. The number of hydrogen-bond donors (Lipinski definition) is 0. The minimum Gasteiger partial charge on any atom is -0.381 e. The van der Waals surface area contributed by atoms with E-state index < -0.39 is 0 Å². The van der Waals surface area contributed by atoms with Gasteiger partial charge < -0.3 is 18.3 Å². The van der Waals surface area contributed by atoms with Crippen molar-refractivity contribution in [1.82, 2.24) is 18.3 Å². The Morgan fingerprint density at radius 3 is 1.00 bits per heavy atom. The molecule has 26 heavy (non-hydrogen) atoms. The molecular formula is C20H20N4Si2. The largest absolute Gasteiger partial charge is 0.381 e. The van der Waals surface area contributed by atoms with E-state index in [4.69, 9.17) is 0 Å². The minimum absolute atomic E-state index is 0.674. The summed E-state index contributed by atoms with van der Waals surface area (Å²) in [4.78, 5) is 0. The SMILES string of the molecule is C1=CN2Cc3ccccc3CN3C=CN(Cc4ccccc4CN1[Si]2)[Si]3. The molecule has 0 N–H and O–H groups in total. The summed E-state index contributed by atoms with van der Waals surface area (Å²) in [5.74, 6) is 0. The lowest BCUT2D eigenvalue weighted by atomic mass is 10.1. The second kappa shape index (κ2) is 6.70. The van der Waals surface area contributed by atoms with Gasteiger partial charge in [-0.3, -0.25) is 0 Å². The molecule has 128 valence electrons. The number of benzene rings is 2. The molecule has 0 unspecified atom stereocenters. The number of nitrogens with zero attached hydrogens (tertiary/aromatic N) is 4. The number of rotatable bonds is 0. The first-order valence-electron chi connectivity index (χ1n) is 8.93. The van der Waals surface area contributed by atoms with Crippen molar-refractivity contribution in [3.63, 3.8) is 0 Å². The van der Waals surface area contributed by atoms with Crippen LogP contribution in [0.25, 0.3) is 0 Å². The summed E-state index contributed by atoms with van der Waals surface area (Å²) in [5.41, 5.74) is 5.72. The number of fused-ring (bicyclic) bond motifs is 6. The van der Waals surface area contributed by atoms with E-state index in [0.29, 0.717) is 19.7 Å². The van der Waals surface area contributed by atoms with Crippen LogP contribution in [0.2, 0.25) is 0 Å². The van der Waals surface area contributed by atoms with Gasteiger partial charge in [0.1, 0.15) is 0 Å². The Balaban J connectivity index is 1.48. The Bertz CT molecular complexity index is 729. The van der Waals surface area contributed by atoms with E-state index in [9.17, 15) is 0 Å². The van der Waals surface area contributed by atoms with Crippen LogP contribution in [-0.4, -0.2) is 37.9 Å². The summed E-state index contributed by atoms with van der Waals surface area (Å²) in [7, 11) is 1.35. The van der Waals surface area contributed by atoms with E-state index in [1.807, 2.05) is 0 Å². The normalized spacial score (nSPS) is 18.8. The van der Waals surface area contributed by atoms with Crippen LogP contribution in [0.4, 0.5) is 0 Å². The molecule has 0 aromatic heterocycles. The maximum Gasteiger partial charge on any atom is 0.332 e. The van der Waals surface area contributed by atoms with Crippen molar-refractivity contribution in [2.45, 2.75) is 26.2 Å². The Morgan fingerprint density at radius 2 is 0.731 bits per heavy atom. The number of hydrogen-bond acceptors (Lipinski definition) is 4. The lowest BCUT2D eigenvalue weighted by molar-refractivity contribution is 0.506. The maximum absolute atomic E-state index is 2.43. The molecule has 3 heterocycles. The van der Waals surface area contributed by atoms with Crippen LogP contribution in [-0.2, 0) is 26.2 Å². The van der Waals surface area contributed by atoms with Gasteiger partial charge in [-0.05, 0) is 22.3 Å². The molecule has 5 rings (SSSR count). The van der Waals surface area contributed by atoms with Crippen LogP contribution in [0.1, 0.15) is 22.3 Å². The Labute approximate surface area is 160 Å². The lowest BCUT2D eigenvalue weighted by Gasteiger charge is -2.25. The quantitative estimate of drug-likeness (QED) is 0.659. The van der Waals surface area contributed by atoms with Crippen molar-refractivity contribution >= 4 is 19.7 Å². The molecule has 4 bridgehead atoms. The molecule has 3 aliphatic heterocycles. The molecule has 0 spiro atoms. The highest BCUT2D eigenvalue weighted by atomic mass is 28.2. The van der Waals surface area contributed by atoms with Gasteiger partial charge in [-0.1, -0.05) is 48.5 Å². The Morgan fingerprint density at radius 1 is 0.462 bits per heavy atom. The molecule has 6 heteroatoms. The molecule has 2 aromatic rings. The molecule has 0 amide bonds. The van der Waals surface area contributed by atoms with Crippen molar-refractivity contribution in [3.05, 3.63) is 95.6 Å². The minimum atomic E-state index is 0.674. The fraction of sp³-hybridized carbons (Fsp3) is 0.200. The summed E-state index contributed by atoms with van der Waals surface area (Å²) in [6.45, 7) is 3.92. The molecule has 2 aromatic carbocycles. The zero-order valence-corrected chi connectivity index (χ0v) is 16.5. The van der Waals surface area contributed by atoms with Crippen LogP contribution >= 0.6 is 0 Å². The average molecular weight is 373 g/mol. The van der Waals surface area contributed by atoms with Crippen molar-refractivity contribution in [2.24, 2.45) is 0 Å². The summed E-state index contributed by atoms with van der Waals surface area (Å²) >= 11 is 0. The van der Waals surface area contributed by atoms with E-state index in [1.165, 1.54) is 22.3 Å². The van der Waals surface area contributed by atoms with Crippen LogP contribution < -0.4 is 0 Å². The van der Waals surface area contributed by atoms with Gasteiger partial charge in [0.25, 0.3) is 0 Å². The summed E-state index contributed by atoms with van der Waals surface area (Å²) in [6, 6.07) is 17.7. The molecule has 3 aliphatic rings. The van der Waals surface area contributed by atoms with E-state index in [-0.39, 0.29) is 0 Å². The van der Waals surface area contributed by atoms with E-state index in [0.717, 1.165) is 26.2 Å². The highest BCUT2D eigenvalue weighted by Crippen LogP contribution is 2.22. The van der Waals surface area contributed by atoms with Gasteiger partial charge in [0.15, 0.2) is 0 Å². The molecule has 0 fully saturated rings. The van der Waals surface area contributed by atoms with Crippen molar-refractivity contribution < 1.29 is 0 Å². The van der Waals surface area contributed by atoms with Gasteiger partial charge >= 0.3 is 19.7 Å². The fourth-order valence-corrected chi connectivity index (χ4v) is 5.76. The van der Waals surface area contributed by atoms with E-state index in [2.05, 4.69) is 91.6 Å². The van der Waals surface area contributed by atoms with Crippen LogP contribution in [0.5, 0.6) is 0 Å². The first-order chi connectivity index (χ1) is 12.8. The maximum atomic E-state index is 2.43. The Kier molecular flexibility index (Phi) is 4.06. The standard InChI is InChI=1S/C20H20N4Si2/c1-2-6-18-14-22-11-12-24(26-22)16-20-8-4-3-7-19(20)15-23-10-9-21(25-23)13-17(18)5-1/h1-12H,13-16H2. The molecular weight excluding hydrogens is 352 g/mol. The zero-order valence-electron chi connectivity index (χ0n) is 14.5. The van der Waals surface area contributed by atoms with Crippen LogP contribution in [0.3, 0.4) is 0 Å². The van der Waals surface area contributed by atoms with Gasteiger partial charge in [-0.2, -0.15) is 0 Å². The topological polar surface area (TPSA) is 13.0 Å². The smallest absolute Gasteiger partial charge is 0.332 e. The van der Waals surface area contributed by atoms with Crippen molar-refractivity contribution in [3.8, 4) is 0 Å². The predicted molar refractivity (Wildman–Crippen MR) is 105 cm³/mol. The Hall–Kier alpha value is -2.45. The molecule has 0 saturated heterocycles. The van der Waals surface area contributed by atoms with E-state index in [1.54, 1.807) is 0 Å². The average Bonchev–Trinajstić information content (AvgIpc) is 3.27. The first-order valence-corrected chi connectivity index (χ1v) is 10.7. The summed E-state index contributed by atoms with van der Waals surface area (Å²) in [6.07, 6.45) is 8.98. The van der Waals surface area contributed by atoms with Gasteiger partial charge in [0.2, 0.25) is 0 Å². The van der Waals surface area contributed by atoms with E-state index >= 15 is 0 Å². The monoisotopic (exact) mass is 372 g/mol. The summed E-state index contributed by atoms with van der Waals surface area (Å²) < 4.78 is 9.73. The predicted octanol–water partition coefficient (Wildman–Crippen LogP) is 2.65. The third-order valence-electron chi connectivity index (χ3n) is 4.97. The first kappa shape index (κ1) is 15.8. The highest BCUT2D eigenvalue weighted by Gasteiger charge is 2.22. The van der Waals surface area contributed by atoms with Gasteiger partial charge in [0, 0.05) is 51.0 Å². The van der Waals surface area contributed by atoms with Crippen molar-refractivity contribution in [2.75, 3.05) is 0 Å². The second-order valence-electron chi connectivity index (χ2n) is 6.85. The molecule has 4 nitrogen and oxygen atoms in total. The lowest BCUT2D eigenvalue weighted by Crippen LogP contribution is -2.32. The highest BCUT2D eigenvalue weighted by molar-refractivity contribution is 6.30. The van der Waals surface area contributed by atoms with Crippen molar-refractivity contribution in [1.29, 1.82) is 0 Å². The second-order valence-corrected chi connectivity index (χ2v) is 9.54. The molecule has 0 aliphatic carbocycles. The fourth-order valence-electron chi connectivity index (χ4n) is 3.60. The van der Waals surface area contributed by atoms with Gasteiger partial charge in [-0.25, -0.2) is 0 Å². The summed E-state index contributed by atoms with van der Waals surface area (Å²) in [5, 5.41) is 0. The molecule has 4 radical (unpaired) electrons. The zero-order chi connectivity index (χ0) is 17.3. The molecule has 0 atom stereocenters. The third kappa shape index (κ3) is 3.17. The van der Waals surface area contributed by atoms with Crippen LogP contribution in [0, 0.1) is 0 Å². The van der Waals surface area contributed by atoms with Gasteiger partial charge in [-0.15, -0.1) is 0 Å². The van der Waals surface area contributed by atoms with Gasteiger partial charge in [0.05, 0.1) is 0 Å². The van der Waals surface area contributed by atoms with Crippen LogP contribution in [0.15, 0.2) is 73.3 Å². The third-order valence-corrected chi connectivity index (χ3v) is 7.22.